The molecule has 3 aliphatic heterocycles. The molecule has 3 fully saturated rings. The summed E-state index contributed by atoms with van der Waals surface area (Å²) in [5.74, 6) is -4.67. The molecule has 2 N–H and O–H groups in total. The lowest BCUT2D eigenvalue weighted by Crippen LogP contribution is -2.62. The normalized spacial score (nSPS) is 36.9. The van der Waals surface area contributed by atoms with Gasteiger partial charge in [-0.2, -0.15) is 4.80 Å². The Bertz CT molecular complexity index is 1910. The van der Waals surface area contributed by atoms with E-state index in [2.05, 4.69) is 26.0 Å². The third-order valence-electron chi connectivity index (χ3n) is 12.7. The number of benzene rings is 1. The number of aromatic nitrogens is 4. The fourth-order valence-corrected chi connectivity index (χ4v) is 9.42. The van der Waals surface area contributed by atoms with Crippen molar-refractivity contribution in [3.05, 3.63) is 29.3 Å². The lowest BCUT2D eigenvalue weighted by Gasteiger charge is -2.47. The first-order valence-electron chi connectivity index (χ1n) is 21.2. The average molecular weight is 895 g/mol. The summed E-state index contributed by atoms with van der Waals surface area (Å²) in [6, 6.07) is 5.78. The molecule has 0 bridgehead atoms. The zero-order valence-electron chi connectivity index (χ0n) is 37.8. The number of carbonyl (C=O) groups excluding carboxylic acids is 3. The molecule has 1 aromatic carbocycles. The smallest absolute Gasteiger partial charge is 0.425 e. The van der Waals surface area contributed by atoms with Gasteiger partial charge in [-0.1, -0.05) is 44.5 Å². The Morgan fingerprint density at radius 3 is 2.37 bits per heavy atom. The van der Waals surface area contributed by atoms with E-state index in [0.29, 0.717) is 35.9 Å². The van der Waals surface area contributed by atoms with Crippen LogP contribution < -0.4 is 5.43 Å². The second kappa shape index (κ2) is 19.9. The highest BCUT2D eigenvalue weighted by Crippen LogP contribution is 2.43. The van der Waals surface area contributed by atoms with E-state index in [0.717, 1.165) is 12.5 Å². The summed E-state index contributed by atoms with van der Waals surface area (Å²) in [5, 5.41) is 30.7. The topological polar surface area (TPSA) is 201 Å². The Morgan fingerprint density at radius 2 is 1.76 bits per heavy atom. The van der Waals surface area contributed by atoms with Crippen molar-refractivity contribution in [1.82, 2.24) is 35.5 Å². The van der Waals surface area contributed by atoms with Crippen LogP contribution in [0.15, 0.2) is 29.4 Å². The zero-order chi connectivity index (χ0) is 45.9. The lowest BCUT2D eigenvalue weighted by atomic mass is 9.73. The number of ether oxygens (including phenoxy) is 5. The number of nitrogens with one attached hydrogen (secondary N) is 1. The van der Waals surface area contributed by atoms with E-state index in [4.69, 9.17) is 40.1 Å². The van der Waals surface area contributed by atoms with Crippen LogP contribution >= 0.6 is 11.6 Å². The molecule has 346 valence electrons. The minimum atomic E-state index is -3.19. The average Bonchev–Trinajstić information content (AvgIpc) is 3.80. The summed E-state index contributed by atoms with van der Waals surface area (Å²) in [6.45, 7) is 13.5. The maximum absolute atomic E-state index is 17.0. The standard InChI is InChI=1S/C42H64ClFN8O10/c1-13-30-42(8)33(52(39(56)62-42)45-19-14-20-51-47-36(46-49-51)27-15-17-28(43)18-16-27)25(4)31(48-58-12)23(2)22-40(6,57-11)35(26(5)34(54)41(7,44)38(55)60-30)61-37-32(53)29(50(9)10)21-24(3)59-37/h15-18,23-26,29-30,32-33,35,37,45,53H,13-14,19-22H2,1-12H3/b48-31+/t23-,24-,25-,26?,29+,30-,32?,33?,35-,37+,40-,41+,42-/m1/s1. The van der Waals surface area contributed by atoms with Gasteiger partial charge in [0.1, 0.15) is 25.4 Å². The number of aliphatic hydroxyl groups excluding tert-OH is 1. The molecule has 4 heterocycles. The highest BCUT2D eigenvalue weighted by molar-refractivity contribution is 6.30. The number of hydrogen-bond acceptors (Lipinski definition) is 16. The van der Waals surface area contributed by atoms with Gasteiger partial charge in [0.25, 0.3) is 5.67 Å². The molecule has 3 unspecified atom stereocenters. The Hall–Kier alpha value is -3.85. The van der Waals surface area contributed by atoms with E-state index in [1.165, 1.54) is 30.9 Å². The van der Waals surface area contributed by atoms with Crippen LogP contribution in [0.25, 0.3) is 11.4 Å². The van der Waals surface area contributed by atoms with Gasteiger partial charge in [0, 0.05) is 48.0 Å². The SMILES string of the molecule is CC[C@H]1OC(=O)[C@@](C)(F)C(=O)C(C)[C@@H](O[C@@H]2O[C@H](C)C[C@H](N(C)C)C2O)[C@](C)(OC)C[C@@H](C)/C(=N\OC)[C@@H](C)C2N(NCCCn3nnc(-c4ccc(Cl)cc4)n3)C(=O)O[C@@]21C. The first-order chi connectivity index (χ1) is 29.1. The van der Waals surface area contributed by atoms with Crippen LogP contribution in [0.2, 0.25) is 5.02 Å². The number of alkyl halides is 1. The van der Waals surface area contributed by atoms with Crippen molar-refractivity contribution in [2.75, 3.05) is 34.9 Å². The quantitative estimate of drug-likeness (QED) is 0.129. The molecule has 0 spiro atoms. The number of hydrazine groups is 1. The number of carbonyl (C=O) groups is 3. The van der Waals surface area contributed by atoms with Crippen LogP contribution in [0.3, 0.4) is 0 Å². The molecule has 62 heavy (non-hydrogen) atoms. The predicted molar refractivity (Wildman–Crippen MR) is 225 cm³/mol. The third kappa shape index (κ3) is 10.1. The minimum absolute atomic E-state index is 0.0856. The number of ketones is 1. The summed E-state index contributed by atoms with van der Waals surface area (Å²) >= 11 is 6.03. The molecule has 2 aromatic rings. The van der Waals surface area contributed by atoms with E-state index in [1.54, 1.807) is 45.0 Å². The summed E-state index contributed by atoms with van der Waals surface area (Å²) in [6.07, 6.45) is -4.84. The van der Waals surface area contributed by atoms with Crippen LogP contribution in [0, 0.1) is 17.8 Å². The molecular weight excluding hydrogens is 831 g/mol. The fraction of sp³-hybridized carbons (Fsp3) is 0.738. The van der Waals surface area contributed by atoms with E-state index >= 15 is 4.39 Å². The number of cyclic esters (lactones) is 1. The number of hydrogen-bond donors (Lipinski definition) is 2. The summed E-state index contributed by atoms with van der Waals surface area (Å²) in [5.41, 5.74) is -1.74. The van der Waals surface area contributed by atoms with Gasteiger partial charge in [-0.05, 0) is 97.0 Å². The molecule has 1 aromatic heterocycles. The van der Waals surface area contributed by atoms with Crippen LogP contribution in [-0.4, -0.2) is 153 Å². The number of nitrogens with zero attached hydrogens (tertiary/aromatic N) is 7. The highest BCUT2D eigenvalue weighted by atomic mass is 35.5. The number of tetrazole rings is 1. The molecule has 0 saturated carbocycles. The van der Waals surface area contributed by atoms with Crippen molar-refractivity contribution in [3.8, 4) is 11.4 Å². The molecular formula is C42H64ClFN8O10. The van der Waals surface area contributed by atoms with Gasteiger partial charge < -0.3 is 38.5 Å². The molecule has 1 amide bonds. The van der Waals surface area contributed by atoms with Crippen molar-refractivity contribution in [2.24, 2.45) is 22.9 Å². The molecule has 18 nitrogen and oxygen atoms in total. The number of halogens is 2. The van der Waals surface area contributed by atoms with Gasteiger partial charge >= 0.3 is 12.1 Å². The molecule has 0 radical (unpaired) electrons. The number of Topliss-reactive ketones (excluding diaryl/α,β-unsaturated/α-hetero) is 1. The van der Waals surface area contributed by atoms with Gasteiger partial charge in [-0.15, -0.1) is 10.2 Å². The van der Waals surface area contributed by atoms with E-state index in [-0.39, 0.29) is 31.5 Å². The van der Waals surface area contributed by atoms with Crippen LogP contribution in [0.4, 0.5) is 9.18 Å². The fourth-order valence-electron chi connectivity index (χ4n) is 9.30. The number of likely N-dealkylation sites (N-methyl/N-ethyl adjacent to an activating group) is 1. The van der Waals surface area contributed by atoms with Crippen molar-refractivity contribution in [1.29, 1.82) is 0 Å². The van der Waals surface area contributed by atoms with Crippen molar-refractivity contribution in [3.63, 3.8) is 0 Å². The highest BCUT2D eigenvalue weighted by Gasteiger charge is 2.62. The number of aryl methyl sites for hydroxylation is 1. The van der Waals surface area contributed by atoms with Crippen molar-refractivity contribution in [2.45, 2.75) is 147 Å². The number of aliphatic hydroxyl groups is 1. The maximum Gasteiger partial charge on any atom is 0.425 e. The Kier molecular flexibility index (Phi) is 15.8. The molecule has 5 rings (SSSR count). The van der Waals surface area contributed by atoms with Crippen LogP contribution in [0.1, 0.15) is 81.1 Å². The molecule has 20 heteroatoms. The summed E-state index contributed by atoms with van der Waals surface area (Å²) < 4.78 is 47.9. The monoisotopic (exact) mass is 894 g/mol. The van der Waals surface area contributed by atoms with Gasteiger partial charge in [-0.3, -0.25) is 4.79 Å². The second-order valence-corrected chi connectivity index (χ2v) is 18.0. The number of esters is 1. The first kappa shape index (κ1) is 49.2. The molecule has 3 aliphatic rings. The largest absolute Gasteiger partial charge is 0.455 e. The number of methoxy groups -OCH3 is 1. The zero-order valence-corrected chi connectivity index (χ0v) is 38.6. The Morgan fingerprint density at radius 1 is 1.08 bits per heavy atom. The van der Waals surface area contributed by atoms with Gasteiger partial charge in [0.2, 0.25) is 5.82 Å². The maximum atomic E-state index is 17.0. The Balaban J connectivity index is 1.50. The van der Waals surface area contributed by atoms with Crippen LogP contribution in [-0.2, 0) is 44.7 Å². The van der Waals surface area contributed by atoms with Gasteiger partial charge in [-0.25, -0.2) is 24.4 Å². The minimum Gasteiger partial charge on any atom is -0.455 e. The molecule has 13 atom stereocenters. The second-order valence-electron chi connectivity index (χ2n) is 17.5. The number of rotatable bonds is 12. The van der Waals surface area contributed by atoms with Gasteiger partial charge in [0.15, 0.2) is 17.7 Å². The van der Waals surface area contributed by atoms with Crippen molar-refractivity contribution >= 4 is 35.2 Å². The van der Waals surface area contributed by atoms with Crippen molar-refractivity contribution < 1.29 is 52.4 Å². The summed E-state index contributed by atoms with van der Waals surface area (Å²) in [7, 11) is 6.51. The third-order valence-corrected chi connectivity index (χ3v) is 12.9. The van der Waals surface area contributed by atoms with E-state index in [1.807, 2.05) is 39.8 Å². The first-order valence-corrected chi connectivity index (χ1v) is 21.6. The number of fused-ring (bicyclic) bond motifs is 1. The molecule has 3 saturated heterocycles. The van der Waals surface area contributed by atoms with Crippen LogP contribution in [0.5, 0.6) is 0 Å². The van der Waals surface area contributed by atoms with E-state index < -0.39 is 83.1 Å². The summed E-state index contributed by atoms with van der Waals surface area (Å²) in [4.78, 5) is 51.1. The van der Waals surface area contributed by atoms with Gasteiger partial charge in [0.05, 0.1) is 30.1 Å². The van der Waals surface area contributed by atoms with E-state index in [9.17, 15) is 19.5 Å². The number of amides is 1. The lowest BCUT2D eigenvalue weighted by molar-refractivity contribution is -0.295. The predicted octanol–water partition coefficient (Wildman–Crippen LogP) is 4.62. The number of oxime groups is 1. The molecule has 0 aliphatic carbocycles. The Labute approximate surface area is 368 Å².